The van der Waals surface area contributed by atoms with Crippen molar-refractivity contribution in [2.45, 2.75) is 50.6 Å². The number of carbonyl (C=O) groups excluding carboxylic acids is 1. The number of nitrogens with one attached hydrogen (secondary N) is 1. The highest BCUT2D eigenvalue weighted by atomic mass is 35.5. The van der Waals surface area contributed by atoms with Gasteiger partial charge in [-0.3, -0.25) is 15.0 Å². The van der Waals surface area contributed by atoms with Gasteiger partial charge in [0, 0.05) is 29.7 Å². The Morgan fingerprint density at radius 2 is 1.97 bits per heavy atom. The van der Waals surface area contributed by atoms with Gasteiger partial charge in [0.2, 0.25) is 0 Å². The molecule has 0 saturated carbocycles. The first kappa shape index (κ1) is 19.5. The largest absolute Gasteiger partial charge is 0.342 e. The normalized spacial score (nSPS) is 31.3. The van der Waals surface area contributed by atoms with Gasteiger partial charge in [0.05, 0.1) is 6.04 Å². The van der Waals surface area contributed by atoms with Crippen molar-refractivity contribution >= 4 is 34.8 Å². The number of rotatable bonds is 1. The summed E-state index contributed by atoms with van der Waals surface area (Å²) in [7, 11) is 0. The van der Waals surface area contributed by atoms with Crippen LogP contribution in [0.4, 0.5) is 0 Å². The number of carbonyl (C=O) groups is 1. The summed E-state index contributed by atoms with van der Waals surface area (Å²) in [4.78, 5) is 17.7. The van der Waals surface area contributed by atoms with Gasteiger partial charge in [-0.25, -0.2) is 0 Å². The SMILES string of the molecule is O=C(NC(=S)N1CCCC2=CC3CC(CN4CCCCC34)C21)c1ccc(Cl)cc1. The smallest absolute Gasteiger partial charge is 0.257 e. The molecule has 3 heterocycles. The van der Waals surface area contributed by atoms with Crippen molar-refractivity contribution in [3.63, 3.8) is 0 Å². The zero-order valence-electron chi connectivity index (χ0n) is 16.6. The third-order valence-corrected chi connectivity index (χ3v) is 7.83. The summed E-state index contributed by atoms with van der Waals surface area (Å²) in [6.07, 6.45) is 10.2. The van der Waals surface area contributed by atoms with E-state index in [1.807, 2.05) is 0 Å². The lowest BCUT2D eigenvalue weighted by Gasteiger charge is -2.55. The second kappa shape index (κ2) is 8.01. The van der Waals surface area contributed by atoms with Crippen molar-refractivity contribution in [2.75, 3.05) is 19.6 Å². The summed E-state index contributed by atoms with van der Waals surface area (Å²) in [5.41, 5.74) is 2.15. The minimum atomic E-state index is -0.156. The zero-order chi connectivity index (χ0) is 20.0. The summed E-state index contributed by atoms with van der Waals surface area (Å²) in [6, 6.07) is 8.05. The van der Waals surface area contributed by atoms with E-state index in [1.165, 1.54) is 45.2 Å². The van der Waals surface area contributed by atoms with E-state index in [9.17, 15) is 4.79 Å². The van der Waals surface area contributed by atoms with Crippen LogP contribution in [0.2, 0.25) is 5.02 Å². The molecule has 1 N–H and O–H groups in total. The molecule has 0 radical (unpaired) electrons. The van der Waals surface area contributed by atoms with E-state index in [1.54, 1.807) is 29.8 Å². The third-order valence-electron chi connectivity index (χ3n) is 7.24. The maximum Gasteiger partial charge on any atom is 0.257 e. The van der Waals surface area contributed by atoms with Crippen molar-refractivity contribution in [1.82, 2.24) is 15.1 Å². The molecule has 1 aromatic rings. The van der Waals surface area contributed by atoms with Crippen LogP contribution in [0.15, 0.2) is 35.9 Å². The average Bonchev–Trinajstić information content (AvgIpc) is 2.74. The van der Waals surface area contributed by atoms with E-state index in [0.717, 1.165) is 19.0 Å². The summed E-state index contributed by atoms with van der Waals surface area (Å²) in [5, 5.41) is 4.18. The van der Waals surface area contributed by atoms with Crippen LogP contribution >= 0.6 is 23.8 Å². The number of likely N-dealkylation sites (tertiary alicyclic amines) is 1. The zero-order valence-corrected chi connectivity index (χ0v) is 18.2. The topological polar surface area (TPSA) is 35.6 Å². The Morgan fingerprint density at radius 3 is 2.79 bits per heavy atom. The molecular weight excluding hydrogens is 402 g/mol. The average molecular weight is 430 g/mol. The fourth-order valence-electron chi connectivity index (χ4n) is 6.04. The number of nitrogens with zero attached hydrogens (tertiary/aromatic N) is 2. The molecule has 1 aromatic carbocycles. The second-order valence-corrected chi connectivity index (χ2v) is 9.79. The predicted octanol–water partition coefficient (Wildman–Crippen LogP) is 4.25. The lowest BCUT2D eigenvalue weighted by molar-refractivity contribution is 0.0127. The number of hydrogen-bond acceptors (Lipinski definition) is 3. The lowest BCUT2D eigenvalue weighted by Crippen LogP contribution is -2.61. The number of halogens is 1. The summed E-state index contributed by atoms with van der Waals surface area (Å²) in [6.45, 7) is 3.34. The van der Waals surface area contributed by atoms with E-state index in [4.69, 9.17) is 23.8 Å². The Bertz CT molecular complexity index is 839. The molecule has 3 fully saturated rings. The number of hydrogen-bond donors (Lipinski definition) is 1. The van der Waals surface area contributed by atoms with Gasteiger partial charge < -0.3 is 4.90 Å². The highest BCUT2D eigenvalue weighted by Crippen LogP contribution is 2.45. The minimum absolute atomic E-state index is 0.156. The molecule has 154 valence electrons. The fourth-order valence-corrected chi connectivity index (χ4v) is 6.47. The quantitative estimate of drug-likeness (QED) is 0.534. The van der Waals surface area contributed by atoms with Crippen LogP contribution in [0.25, 0.3) is 0 Å². The third kappa shape index (κ3) is 3.73. The van der Waals surface area contributed by atoms with Crippen LogP contribution in [0, 0.1) is 11.8 Å². The Hall–Kier alpha value is -1.43. The molecule has 4 atom stereocenters. The molecule has 2 bridgehead atoms. The van der Waals surface area contributed by atoms with Gasteiger partial charge in [-0.1, -0.05) is 29.7 Å². The van der Waals surface area contributed by atoms with Crippen LogP contribution in [-0.2, 0) is 0 Å². The summed E-state index contributed by atoms with van der Waals surface area (Å²) < 4.78 is 0. The Kier molecular flexibility index (Phi) is 5.39. The van der Waals surface area contributed by atoms with Gasteiger partial charge in [-0.2, -0.15) is 0 Å². The van der Waals surface area contributed by atoms with E-state index in [0.29, 0.717) is 33.6 Å². The Balaban J connectivity index is 1.34. The highest BCUT2D eigenvalue weighted by molar-refractivity contribution is 7.80. The molecule has 1 aliphatic carbocycles. The van der Waals surface area contributed by atoms with Gasteiger partial charge in [0.1, 0.15) is 0 Å². The monoisotopic (exact) mass is 429 g/mol. The molecule has 4 unspecified atom stereocenters. The maximum absolute atomic E-state index is 12.7. The maximum atomic E-state index is 12.7. The summed E-state index contributed by atoms with van der Waals surface area (Å²) >= 11 is 11.7. The van der Waals surface area contributed by atoms with E-state index < -0.39 is 0 Å². The van der Waals surface area contributed by atoms with Crippen molar-refractivity contribution in [1.29, 1.82) is 0 Å². The standard InChI is InChI=1S/C23H28ClN3OS/c24-19-8-6-15(7-9-19)22(28)25-23(29)27-11-3-4-16-12-17-13-18(21(16)27)14-26-10-2-1-5-20(17)26/h6-9,12,17-18,20-21H,1-5,10-11,13-14H2,(H,25,28,29). The van der Waals surface area contributed by atoms with Crippen LogP contribution in [0.5, 0.6) is 0 Å². The predicted molar refractivity (Wildman–Crippen MR) is 120 cm³/mol. The van der Waals surface area contributed by atoms with Gasteiger partial charge in [-0.05, 0) is 87.0 Å². The number of benzene rings is 1. The molecule has 0 spiro atoms. The first-order valence-corrected chi connectivity index (χ1v) is 11.7. The Labute approximate surface area is 183 Å². The molecule has 5 rings (SSSR count). The molecule has 4 aliphatic rings. The molecule has 29 heavy (non-hydrogen) atoms. The van der Waals surface area contributed by atoms with Crippen LogP contribution in [-0.4, -0.2) is 52.5 Å². The van der Waals surface area contributed by atoms with Gasteiger partial charge in [0.15, 0.2) is 5.11 Å². The lowest BCUT2D eigenvalue weighted by atomic mass is 9.68. The number of amides is 1. The van der Waals surface area contributed by atoms with E-state index >= 15 is 0 Å². The van der Waals surface area contributed by atoms with Crippen molar-refractivity contribution in [3.05, 3.63) is 46.5 Å². The van der Waals surface area contributed by atoms with Gasteiger partial charge in [0.25, 0.3) is 5.91 Å². The number of fused-ring (bicyclic) bond motifs is 6. The highest BCUT2D eigenvalue weighted by Gasteiger charge is 2.46. The van der Waals surface area contributed by atoms with Crippen LogP contribution < -0.4 is 5.32 Å². The number of thiocarbonyl (C=S) groups is 1. The van der Waals surface area contributed by atoms with E-state index in [-0.39, 0.29) is 5.91 Å². The Morgan fingerprint density at radius 1 is 1.14 bits per heavy atom. The van der Waals surface area contributed by atoms with Gasteiger partial charge in [-0.15, -0.1) is 0 Å². The van der Waals surface area contributed by atoms with E-state index in [2.05, 4.69) is 21.2 Å². The molecular formula is C23H28ClN3OS. The molecule has 6 heteroatoms. The minimum Gasteiger partial charge on any atom is -0.342 e. The first-order valence-electron chi connectivity index (χ1n) is 10.9. The van der Waals surface area contributed by atoms with Crippen molar-refractivity contribution in [2.24, 2.45) is 11.8 Å². The first-order chi connectivity index (χ1) is 14.1. The molecule has 0 aromatic heterocycles. The molecule has 3 aliphatic heterocycles. The van der Waals surface area contributed by atoms with Crippen LogP contribution in [0.1, 0.15) is 48.9 Å². The second-order valence-electron chi connectivity index (χ2n) is 8.97. The van der Waals surface area contributed by atoms with Crippen molar-refractivity contribution < 1.29 is 4.79 Å². The number of piperidine rings is 3. The molecule has 4 nitrogen and oxygen atoms in total. The summed E-state index contributed by atoms with van der Waals surface area (Å²) in [5.74, 6) is 1.16. The molecule has 1 amide bonds. The van der Waals surface area contributed by atoms with Crippen LogP contribution in [0.3, 0.4) is 0 Å². The fraction of sp³-hybridized carbons (Fsp3) is 0.565. The van der Waals surface area contributed by atoms with Gasteiger partial charge >= 0.3 is 0 Å². The molecule has 3 saturated heterocycles. The van der Waals surface area contributed by atoms with Crippen molar-refractivity contribution in [3.8, 4) is 0 Å².